The van der Waals surface area contributed by atoms with Crippen LogP contribution in [0.1, 0.15) is 39.5 Å². The molecular weight excluding hydrogens is 172 g/mol. The Labute approximate surface area is 87.9 Å². The third kappa shape index (κ3) is 4.11. The van der Waals surface area contributed by atoms with Crippen molar-refractivity contribution in [2.45, 2.75) is 39.5 Å². The first-order chi connectivity index (χ1) is 6.72. The van der Waals surface area contributed by atoms with E-state index in [0.717, 1.165) is 12.3 Å². The molecule has 0 radical (unpaired) electrons. The summed E-state index contributed by atoms with van der Waals surface area (Å²) in [6, 6.07) is 2.29. The number of nitrogens with zero attached hydrogens (tertiary/aromatic N) is 2. The van der Waals surface area contributed by atoms with Crippen LogP contribution < -0.4 is 0 Å². The summed E-state index contributed by atoms with van der Waals surface area (Å²) in [6.07, 6.45) is 4.99. The lowest BCUT2D eigenvalue weighted by molar-refractivity contribution is 0.180. The van der Waals surface area contributed by atoms with Gasteiger partial charge in [-0.2, -0.15) is 5.26 Å². The zero-order chi connectivity index (χ0) is 10.4. The van der Waals surface area contributed by atoms with Crippen LogP contribution in [0.2, 0.25) is 0 Å². The summed E-state index contributed by atoms with van der Waals surface area (Å²) in [7, 11) is 0. The molecule has 2 unspecified atom stereocenters. The zero-order valence-corrected chi connectivity index (χ0v) is 9.50. The van der Waals surface area contributed by atoms with Gasteiger partial charge < -0.3 is 4.90 Å². The van der Waals surface area contributed by atoms with Gasteiger partial charge in [0.1, 0.15) is 0 Å². The highest BCUT2D eigenvalue weighted by atomic mass is 15.1. The molecule has 0 aliphatic carbocycles. The Balaban J connectivity index is 2.09. The topological polar surface area (TPSA) is 27.0 Å². The first-order valence-corrected chi connectivity index (χ1v) is 5.84. The minimum absolute atomic E-state index is 0.234. The van der Waals surface area contributed by atoms with Crippen molar-refractivity contribution in [3.63, 3.8) is 0 Å². The van der Waals surface area contributed by atoms with E-state index in [1.165, 1.54) is 38.9 Å². The van der Waals surface area contributed by atoms with Crippen LogP contribution in [0.15, 0.2) is 0 Å². The second-order valence-electron chi connectivity index (χ2n) is 4.72. The van der Waals surface area contributed by atoms with Gasteiger partial charge in [-0.25, -0.2) is 0 Å². The fourth-order valence-corrected chi connectivity index (χ4v) is 2.18. The lowest BCUT2D eigenvalue weighted by Gasteiger charge is -2.30. The highest BCUT2D eigenvalue weighted by Gasteiger charge is 2.15. The SMILES string of the molecule is CC(C#N)CCCN1CCCC(C)C1. The lowest BCUT2D eigenvalue weighted by atomic mass is 9.99. The summed E-state index contributed by atoms with van der Waals surface area (Å²) in [5.74, 6) is 1.11. The second-order valence-corrected chi connectivity index (χ2v) is 4.72. The quantitative estimate of drug-likeness (QED) is 0.688. The molecular formula is C12H22N2. The van der Waals surface area contributed by atoms with Crippen LogP contribution in [-0.4, -0.2) is 24.5 Å². The molecule has 0 amide bonds. The van der Waals surface area contributed by atoms with E-state index < -0.39 is 0 Å². The number of hydrogen-bond donors (Lipinski definition) is 0. The Morgan fingerprint density at radius 3 is 3.00 bits per heavy atom. The average Bonchev–Trinajstić information content (AvgIpc) is 2.17. The summed E-state index contributed by atoms with van der Waals surface area (Å²) >= 11 is 0. The molecule has 2 heteroatoms. The van der Waals surface area contributed by atoms with Crippen molar-refractivity contribution in [2.75, 3.05) is 19.6 Å². The molecule has 0 aromatic heterocycles. The van der Waals surface area contributed by atoms with E-state index in [-0.39, 0.29) is 5.92 Å². The molecule has 1 heterocycles. The summed E-state index contributed by atoms with van der Waals surface area (Å²) in [6.45, 7) is 8.07. The molecule has 1 rings (SSSR count). The fourth-order valence-electron chi connectivity index (χ4n) is 2.18. The summed E-state index contributed by atoms with van der Waals surface area (Å²) in [5, 5.41) is 8.65. The van der Waals surface area contributed by atoms with Gasteiger partial charge in [0.15, 0.2) is 0 Å². The Morgan fingerprint density at radius 1 is 1.57 bits per heavy atom. The van der Waals surface area contributed by atoms with E-state index in [1.807, 2.05) is 6.92 Å². The second kappa shape index (κ2) is 6.03. The first-order valence-electron chi connectivity index (χ1n) is 5.84. The third-order valence-corrected chi connectivity index (χ3v) is 3.07. The van der Waals surface area contributed by atoms with Gasteiger partial charge in [0.2, 0.25) is 0 Å². The first kappa shape index (κ1) is 11.5. The highest BCUT2D eigenvalue weighted by Crippen LogP contribution is 2.16. The molecule has 0 bridgehead atoms. The number of hydrogen-bond acceptors (Lipinski definition) is 2. The van der Waals surface area contributed by atoms with Gasteiger partial charge >= 0.3 is 0 Å². The normalized spacial score (nSPS) is 25.6. The van der Waals surface area contributed by atoms with Crippen LogP contribution in [0.3, 0.4) is 0 Å². The maximum atomic E-state index is 8.65. The Hall–Kier alpha value is -0.550. The van der Waals surface area contributed by atoms with Gasteiger partial charge in [-0.1, -0.05) is 6.92 Å². The molecule has 0 N–H and O–H groups in total. The number of rotatable bonds is 4. The van der Waals surface area contributed by atoms with Gasteiger partial charge in [-0.15, -0.1) is 0 Å². The van der Waals surface area contributed by atoms with Crippen molar-refractivity contribution in [1.29, 1.82) is 5.26 Å². The Bertz CT molecular complexity index is 195. The van der Waals surface area contributed by atoms with Crippen LogP contribution >= 0.6 is 0 Å². The predicted octanol–water partition coefficient (Wildman–Crippen LogP) is 2.66. The van der Waals surface area contributed by atoms with Gasteiger partial charge in [-0.05, 0) is 51.6 Å². The summed E-state index contributed by atoms with van der Waals surface area (Å²) < 4.78 is 0. The molecule has 0 spiro atoms. The van der Waals surface area contributed by atoms with E-state index in [2.05, 4.69) is 17.9 Å². The molecule has 1 fully saturated rings. The summed E-state index contributed by atoms with van der Waals surface area (Å²) in [5.41, 5.74) is 0. The van der Waals surface area contributed by atoms with Crippen molar-refractivity contribution in [1.82, 2.24) is 4.90 Å². The van der Waals surface area contributed by atoms with Gasteiger partial charge in [-0.3, -0.25) is 0 Å². The van der Waals surface area contributed by atoms with Crippen LogP contribution in [0.25, 0.3) is 0 Å². The number of likely N-dealkylation sites (tertiary alicyclic amines) is 1. The zero-order valence-electron chi connectivity index (χ0n) is 9.50. The van der Waals surface area contributed by atoms with Gasteiger partial charge in [0, 0.05) is 12.5 Å². The molecule has 2 atom stereocenters. The van der Waals surface area contributed by atoms with Crippen molar-refractivity contribution in [2.24, 2.45) is 11.8 Å². The van der Waals surface area contributed by atoms with Crippen molar-refractivity contribution in [3.8, 4) is 6.07 Å². The molecule has 0 aromatic carbocycles. The monoisotopic (exact) mass is 194 g/mol. The summed E-state index contributed by atoms with van der Waals surface area (Å²) in [4.78, 5) is 2.55. The third-order valence-electron chi connectivity index (χ3n) is 3.07. The maximum absolute atomic E-state index is 8.65. The lowest BCUT2D eigenvalue weighted by Crippen LogP contribution is -2.35. The van der Waals surface area contributed by atoms with Crippen LogP contribution in [0.5, 0.6) is 0 Å². The Morgan fingerprint density at radius 2 is 2.36 bits per heavy atom. The van der Waals surface area contributed by atoms with E-state index >= 15 is 0 Å². The van der Waals surface area contributed by atoms with Gasteiger partial charge in [0.25, 0.3) is 0 Å². The van der Waals surface area contributed by atoms with Crippen molar-refractivity contribution < 1.29 is 0 Å². The maximum Gasteiger partial charge on any atom is 0.0652 e. The molecule has 0 aromatic rings. The standard InChI is InChI=1S/C12H22N2/c1-11(9-13)5-3-7-14-8-4-6-12(2)10-14/h11-12H,3-8,10H2,1-2H3. The van der Waals surface area contributed by atoms with E-state index in [9.17, 15) is 0 Å². The minimum Gasteiger partial charge on any atom is -0.303 e. The minimum atomic E-state index is 0.234. The number of piperidine rings is 1. The van der Waals surface area contributed by atoms with Crippen LogP contribution in [-0.2, 0) is 0 Å². The molecule has 14 heavy (non-hydrogen) atoms. The van der Waals surface area contributed by atoms with E-state index in [4.69, 9.17) is 5.26 Å². The number of nitriles is 1. The molecule has 0 saturated carbocycles. The van der Waals surface area contributed by atoms with Crippen molar-refractivity contribution in [3.05, 3.63) is 0 Å². The van der Waals surface area contributed by atoms with Crippen molar-refractivity contribution >= 4 is 0 Å². The highest BCUT2D eigenvalue weighted by molar-refractivity contribution is 4.79. The largest absolute Gasteiger partial charge is 0.303 e. The Kier molecular flexibility index (Phi) is 4.97. The molecule has 80 valence electrons. The van der Waals surface area contributed by atoms with Crippen LogP contribution in [0, 0.1) is 23.2 Å². The average molecular weight is 194 g/mol. The van der Waals surface area contributed by atoms with E-state index in [0.29, 0.717) is 0 Å². The molecule has 1 saturated heterocycles. The smallest absolute Gasteiger partial charge is 0.0652 e. The predicted molar refractivity (Wildman–Crippen MR) is 58.8 cm³/mol. The van der Waals surface area contributed by atoms with Gasteiger partial charge in [0.05, 0.1) is 6.07 Å². The molecule has 1 aliphatic rings. The fraction of sp³-hybridized carbons (Fsp3) is 0.917. The molecule has 2 nitrogen and oxygen atoms in total. The molecule has 1 aliphatic heterocycles. The van der Waals surface area contributed by atoms with E-state index in [1.54, 1.807) is 0 Å². The van der Waals surface area contributed by atoms with Crippen LogP contribution in [0.4, 0.5) is 0 Å².